The zero-order valence-corrected chi connectivity index (χ0v) is 15.3. The molecule has 1 aromatic carbocycles. The predicted octanol–water partition coefficient (Wildman–Crippen LogP) is 2.13. The number of rotatable bonds is 9. The maximum Gasteiger partial charge on any atom is 0.130 e. The van der Waals surface area contributed by atoms with Crippen LogP contribution in [0.4, 0.5) is 0 Å². The number of para-hydroxylation sites is 1. The average molecular weight is 342 g/mol. The van der Waals surface area contributed by atoms with Gasteiger partial charge in [-0.25, -0.2) is 0 Å². The van der Waals surface area contributed by atoms with E-state index in [1.165, 1.54) is 67.1 Å². The van der Waals surface area contributed by atoms with Crippen LogP contribution in [0.15, 0.2) is 24.3 Å². The van der Waals surface area contributed by atoms with Crippen molar-refractivity contribution in [1.82, 2.24) is 4.57 Å². The van der Waals surface area contributed by atoms with Gasteiger partial charge in [0.25, 0.3) is 0 Å². The maximum atomic E-state index is 11.3. The number of benzene rings is 1. The maximum absolute atomic E-state index is 11.3. The Morgan fingerprint density at radius 2 is 1.88 bits per heavy atom. The van der Waals surface area contributed by atoms with Crippen LogP contribution in [-0.2, 0) is 24.3 Å². The number of fused-ring (bicyclic) bond motifs is 3. The van der Waals surface area contributed by atoms with Crippen LogP contribution in [0.25, 0.3) is 10.9 Å². The number of carbonyl (C=O) groups is 1. The van der Waals surface area contributed by atoms with Gasteiger partial charge < -0.3 is 19.8 Å². The highest BCUT2D eigenvalue weighted by molar-refractivity contribution is 5.86. The second-order valence-electron chi connectivity index (χ2n) is 7.28. The minimum Gasteiger partial charge on any atom is -0.544 e. The van der Waals surface area contributed by atoms with Gasteiger partial charge in [-0.3, -0.25) is 0 Å². The molecule has 0 saturated carbocycles. The van der Waals surface area contributed by atoms with Crippen LogP contribution in [0.1, 0.15) is 63.1 Å². The van der Waals surface area contributed by atoms with Crippen LogP contribution in [-0.4, -0.2) is 16.6 Å². The van der Waals surface area contributed by atoms with Crippen LogP contribution in [0.3, 0.4) is 0 Å². The molecule has 1 aliphatic heterocycles. The molecule has 2 heterocycles. The lowest BCUT2D eigenvalue weighted by molar-refractivity contribution is -0.702. The number of nitrogens with zero attached hydrogens (tertiary/aromatic N) is 1. The third kappa shape index (κ3) is 4.06. The van der Waals surface area contributed by atoms with Crippen molar-refractivity contribution in [2.45, 2.75) is 77.4 Å². The van der Waals surface area contributed by atoms with E-state index in [-0.39, 0.29) is 0 Å². The molecule has 0 saturated heterocycles. The molecule has 25 heavy (non-hydrogen) atoms. The summed E-state index contributed by atoms with van der Waals surface area (Å²) in [4.78, 5) is 11.3. The highest BCUT2D eigenvalue weighted by atomic mass is 16.4. The fourth-order valence-corrected chi connectivity index (χ4v) is 4.11. The number of aryl methyl sites for hydroxylation is 1. The van der Waals surface area contributed by atoms with Crippen LogP contribution in [0.2, 0.25) is 0 Å². The van der Waals surface area contributed by atoms with Crippen molar-refractivity contribution in [3.05, 3.63) is 35.5 Å². The lowest BCUT2D eigenvalue weighted by Gasteiger charge is -2.23. The third-order valence-electron chi connectivity index (χ3n) is 5.50. The summed E-state index contributed by atoms with van der Waals surface area (Å²) >= 11 is 0. The number of hydrogen-bond acceptors (Lipinski definition) is 2. The SMILES string of the molecule is CCCCCCCCCn1c2c(c3ccccc31)C[C@H](C(=O)[O-])[NH2+]C2. The van der Waals surface area contributed by atoms with Crippen molar-refractivity contribution in [2.75, 3.05) is 0 Å². The first-order chi connectivity index (χ1) is 12.2. The van der Waals surface area contributed by atoms with Crippen molar-refractivity contribution < 1.29 is 15.2 Å². The van der Waals surface area contributed by atoms with Crippen molar-refractivity contribution in [1.29, 1.82) is 0 Å². The minimum absolute atomic E-state index is 0.453. The quantitative estimate of drug-likeness (QED) is 0.710. The lowest BCUT2D eigenvalue weighted by Crippen LogP contribution is -2.93. The Morgan fingerprint density at radius 3 is 2.64 bits per heavy atom. The van der Waals surface area contributed by atoms with Gasteiger partial charge in [0.15, 0.2) is 0 Å². The molecule has 4 heteroatoms. The Labute approximate surface area is 150 Å². The topological polar surface area (TPSA) is 61.7 Å². The van der Waals surface area contributed by atoms with E-state index in [0.717, 1.165) is 13.1 Å². The summed E-state index contributed by atoms with van der Waals surface area (Å²) in [7, 11) is 0. The van der Waals surface area contributed by atoms with Gasteiger partial charge in [0.1, 0.15) is 12.6 Å². The largest absolute Gasteiger partial charge is 0.544 e. The van der Waals surface area contributed by atoms with Crippen LogP contribution < -0.4 is 10.4 Å². The molecule has 0 unspecified atom stereocenters. The van der Waals surface area contributed by atoms with Gasteiger partial charge in [-0.05, 0) is 18.1 Å². The van der Waals surface area contributed by atoms with Crippen molar-refractivity contribution in [3.63, 3.8) is 0 Å². The molecule has 0 spiro atoms. The number of carboxylic acid groups (broad SMARTS) is 1. The van der Waals surface area contributed by atoms with Crippen molar-refractivity contribution >= 4 is 16.9 Å². The summed E-state index contributed by atoms with van der Waals surface area (Å²) in [6.45, 7) is 4.02. The first-order valence-corrected chi connectivity index (χ1v) is 9.85. The van der Waals surface area contributed by atoms with Crippen LogP contribution in [0, 0.1) is 0 Å². The smallest absolute Gasteiger partial charge is 0.130 e. The molecule has 0 aliphatic carbocycles. The zero-order valence-electron chi connectivity index (χ0n) is 15.3. The Morgan fingerprint density at radius 1 is 1.16 bits per heavy atom. The highest BCUT2D eigenvalue weighted by Gasteiger charge is 2.28. The number of carbonyl (C=O) groups excluding carboxylic acids is 1. The van der Waals surface area contributed by atoms with E-state index in [9.17, 15) is 9.90 Å². The summed E-state index contributed by atoms with van der Waals surface area (Å²) < 4.78 is 2.43. The first-order valence-electron chi connectivity index (χ1n) is 9.85. The Bertz CT molecular complexity index is 720. The van der Waals surface area contributed by atoms with E-state index in [2.05, 4.69) is 29.7 Å². The number of unbranched alkanes of at least 4 members (excludes halogenated alkanes) is 6. The van der Waals surface area contributed by atoms with Gasteiger partial charge in [0.2, 0.25) is 0 Å². The van der Waals surface area contributed by atoms with E-state index < -0.39 is 12.0 Å². The number of nitrogens with two attached hydrogens (primary N) is 1. The summed E-state index contributed by atoms with van der Waals surface area (Å²) in [5, 5.41) is 14.4. The van der Waals surface area contributed by atoms with Crippen molar-refractivity contribution in [3.8, 4) is 0 Å². The molecule has 2 N–H and O–H groups in total. The fraction of sp³-hybridized carbons (Fsp3) is 0.571. The monoisotopic (exact) mass is 342 g/mol. The molecule has 4 nitrogen and oxygen atoms in total. The average Bonchev–Trinajstić information content (AvgIpc) is 2.94. The second-order valence-corrected chi connectivity index (χ2v) is 7.28. The predicted molar refractivity (Wildman–Crippen MR) is 98.1 cm³/mol. The van der Waals surface area contributed by atoms with Gasteiger partial charge in [-0.2, -0.15) is 0 Å². The summed E-state index contributed by atoms with van der Waals surface area (Å²) in [5.74, 6) is -0.949. The standard InChI is InChI=1S/C21H30N2O2/c1-2-3-4-5-6-7-10-13-23-19-12-9-8-11-16(19)17-14-18(21(24)25)22-15-20(17)23/h8-9,11-12,18,22H,2-7,10,13-15H2,1H3,(H,24,25)/t18-/m1/s1. The zero-order chi connectivity index (χ0) is 17.6. The fourth-order valence-electron chi connectivity index (χ4n) is 4.11. The van der Waals surface area contributed by atoms with E-state index >= 15 is 0 Å². The van der Waals surface area contributed by atoms with Gasteiger partial charge in [-0.15, -0.1) is 0 Å². The summed E-state index contributed by atoms with van der Waals surface area (Å²) in [6.07, 6.45) is 9.72. The Kier molecular flexibility index (Phi) is 6.14. The molecule has 1 aromatic heterocycles. The lowest BCUT2D eigenvalue weighted by atomic mass is 9.98. The molecule has 1 aliphatic rings. The van der Waals surface area contributed by atoms with Gasteiger partial charge >= 0.3 is 0 Å². The van der Waals surface area contributed by atoms with Gasteiger partial charge in [-0.1, -0.05) is 63.6 Å². The number of aromatic nitrogens is 1. The number of quaternary nitrogens is 1. The molecule has 0 amide bonds. The molecule has 1 atom stereocenters. The molecule has 2 aromatic rings. The van der Waals surface area contributed by atoms with Gasteiger partial charge in [0.05, 0.1) is 11.7 Å². The van der Waals surface area contributed by atoms with E-state index in [0.29, 0.717) is 6.42 Å². The third-order valence-corrected chi connectivity index (χ3v) is 5.50. The van der Waals surface area contributed by atoms with Gasteiger partial charge in [0, 0.05) is 23.9 Å². The number of aliphatic carboxylic acids is 1. The van der Waals surface area contributed by atoms with E-state index in [4.69, 9.17) is 0 Å². The molecule has 136 valence electrons. The molecular weight excluding hydrogens is 312 g/mol. The highest BCUT2D eigenvalue weighted by Crippen LogP contribution is 2.29. The number of carboxylic acids is 1. The van der Waals surface area contributed by atoms with E-state index in [1.54, 1.807) is 0 Å². The number of hydrogen-bond donors (Lipinski definition) is 1. The summed E-state index contributed by atoms with van der Waals surface area (Å²) in [5.41, 5.74) is 3.78. The molecule has 0 radical (unpaired) electrons. The molecule has 0 fully saturated rings. The van der Waals surface area contributed by atoms with E-state index in [1.807, 2.05) is 11.4 Å². The Balaban J connectivity index is 1.70. The van der Waals surface area contributed by atoms with Crippen LogP contribution in [0.5, 0.6) is 0 Å². The van der Waals surface area contributed by atoms with Crippen LogP contribution >= 0.6 is 0 Å². The summed E-state index contributed by atoms with van der Waals surface area (Å²) in [6, 6.07) is 7.98. The minimum atomic E-state index is -0.949. The normalized spacial score (nSPS) is 16.9. The van der Waals surface area contributed by atoms with Crippen molar-refractivity contribution in [2.24, 2.45) is 0 Å². The molecule has 3 rings (SSSR count). The molecule has 0 bridgehead atoms. The Hall–Kier alpha value is -1.81. The second kappa shape index (κ2) is 8.52. The first kappa shape index (κ1) is 18.0. The molecular formula is C21H30N2O2.